The molecule has 1 aromatic carbocycles. The fourth-order valence-electron chi connectivity index (χ4n) is 1.15. The number of para-hydroxylation sites is 1. The summed E-state index contributed by atoms with van der Waals surface area (Å²) in [5.74, 6) is 0.242. The van der Waals surface area contributed by atoms with Crippen molar-refractivity contribution in [3.63, 3.8) is 0 Å². The summed E-state index contributed by atoms with van der Waals surface area (Å²) in [6.45, 7) is 1.49. The van der Waals surface area contributed by atoms with Crippen molar-refractivity contribution in [3.8, 4) is 0 Å². The zero-order valence-electron chi connectivity index (χ0n) is 9.67. The number of amides is 1. The van der Waals surface area contributed by atoms with Crippen molar-refractivity contribution in [1.82, 2.24) is 0 Å². The Kier molecular flexibility index (Phi) is 6.04. The van der Waals surface area contributed by atoms with Gasteiger partial charge in [0.2, 0.25) is 5.91 Å². The van der Waals surface area contributed by atoms with Crippen LogP contribution in [-0.2, 0) is 4.79 Å². The summed E-state index contributed by atoms with van der Waals surface area (Å²) in [4.78, 5) is 11.7. The summed E-state index contributed by atoms with van der Waals surface area (Å²) in [6, 6.07) is 9.22. The molecular formula is C12H17NO3S. The lowest BCUT2D eigenvalue weighted by Crippen LogP contribution is -2.25. The van der Waals surface area contributed by atoms with Crippen LogP contribution in [0.3, 0.4) is 0 Å². The van der Waals surface area contributed by atoms with E-state index in [-0.39, 0.29) is 17.8 Å². The van der Waals surface area contributed by atoms with Crippen LogP contribution in [0.25, 0.3) is 0 Å². The van der Waals surface area contributed by atoms with Crippen molar-refractivity contribution in [1.29, 1.82) is 0 Å². The SMILES string of the molecule is CC(SCC(O)CO)C(=O)Nc1ccccc1. The Morgan fingerprint density at radius 2 is 2.06 bits per heavy atom. The molecule has 0 aliphatic carbocycles. The molecule has 0 aliphatic rings. The van der Waals surface area contributed by atoms with Gasteiger partial charge in [-0.1, -0.05) is 18.2 Å². The molecular weight excluding hydrogens is 238 g/mol. The van der Waals surface area contributed by atoms with Gasteiger partial charge in [0, 0.05) is 11.4 Å². The van der Waals surface area contributed by atoms with Gasteiger partial charge in [0.05, 0.1) is 18.0 Å². The van der Waals surface area contributed by atoms with Gasteiger partial charge in [0.1, 0.15) is 0 Å². The molecule has 17 heavy (non-hydrogen) atoms. The predicted molar refractivity (Wildman–Crippen MR) is 70.1 cm³/mol. The summed E-state index contributed by atoms with van der Waals surface area (Å²) in [7, 11) is 0. The Balaban J connectivity index is 2.37. The van der Waals surface area contributed by atoms with Crippen molar-refractivity contribution >= 4 is 23.4 Å². The number of carbonyl (C=O) groups excluding carboxylic acids is 1. The van der Waals surface area contributed by atoms with E-state index in [4.69, 9.17) is 5.11 Å². The van der Waals surface area contributed by atoms with Crippen molar-refractivity contribution < 1.29 is 15.0 Å². The van der Waals surface area contributed by atoms with E-state index in [2.05, 4.69) is 5.32 Å². The quantitative estimate of drug-likeness (QED) is 0.712. The van der Waals surface area contributed by atoms with E-state index in [0.29, 0.717) is 5.75 Å². The molecule has 0 saturated heterocycles. The summed E-state index contributed by atoms with van der Waals surface area (Å²) < 4.78 is 0. The Hall–Kier alpha value is -1.04. The van der Waals surface area contributed by atoms with E-state index in [9.17, 15) is 9.90 Å². The van der Waals surface area contributed by atoms with Crippen LogP contribution in [0.4, 0.5) is 5.69 Å². The number of aliphatic hydroxyl groups is 2. The van der Waals surface area contributed by atoms with E-state index < -0.39 is 6.10 Å². The summed E-state index contributed by atoms with van der Waals surface area (Å²) >= 11 is 1.31. The second-order valence-electron chi connectivity index (χ2n) is 3.67. The first-order valence-electron chi connectivity index (χ1n) is 5.40. The van der Waals surface area contributed by atoms with Crippen molar-refractivity contribution in [3.05, 3.63) is 30.3 Å². The van der Waals surface area contributed by atoms with Gasteiger partial charge in [-0.05, 0) is 19.1 Å². The topological polar surface area (TPSA) is 69.6 Å². The molecule has 2 unspecified atom stereocenters. The number of rotatable bonds is 6. The number of hydrogen-bond acceptors (Lipinski definition) is 4. The molecule has 0 spiro atoms. The highest BCUT2D eigenvalue weighted by Crippen LogP contribution is 2.14. The Bertz CT molecular complexity index is 345. The number of anilines is 1. The summed E-state index contributed by atoms with van der Waals surface area (Å²) in [5, 5.41) is 20.3. The minimum Gasteiger partial charge on any atom is -0.394 e. The van der Waals surface area contributed by atoms with Crippen LogP contribution in [0.1, 0.15) is 6.92 Å². The van der Waals surface area contributed by atoms with Crippen LogP contribution in [0.5, 0.6) is 0 Å². The molecule has 1 rings (SSSR count). The smallest absolute Gasteiger partial charge is 0.237 e. The van der Waals surface area contributed by atoms with Gasteiger partial charge < -0.3 is 15.5 Å². The molecule has 4 nitrogen and oxygen atoms in total. The van der Waals surface area contributed by atoms with Gasteiger partial charge in [0.25, 0.3) is 0 Å². The largest absolute Gasteiger partial charge is 0.394 e. The highest BCUT2D eigenvalue weighted by Gasteiger charge is 2.15. The molecule has 5 heteroatoms. The first kappa shape index (κ1) is 14.0. The van der Waals surface area contributed by atoms with E-state index in [1.54, 1.807) is 6.92 Å². The third-order valence-corrected chi connectivity index (χ3v) is 3.45. The van der Waals surface area contributed by atoms with Crippen molar-refractivity contribution in [2.75, 3.05) is 17.7 Å². The first-order valence-corrected chi connectivity index (χ1v) is 6.44. The normalized spacial score (nSPS) is 14.1. The molecule has 0 aliphatic heterocycles. The van der Waals surface area contributed by atoms with Crippen LogP contribution in [-0.4, -0.2) is 39.8 Å². The van der Waals surface area contributed by atoms with Crippen molar-refractivity contribution in [2.24, 2.45) is 0 Å². The fourth-order valence-corrected chi connectivity index (χ4v) is 1.98. The van der Waals surface area contributed by atoms with Gasteiger partial charge in [-0.2, -0.15) is 0 Å². The molecule has 1 aromatic rings. The second kappa shape index (κ2) is 7.32. The van der Waals surface area contributed by atoms with Crippen LogP contribution in [0, 0.1) is 0 Å². The highest BCUT2D eigenvalue weighted by atomic mass is 32.2. The van der Waals surface area contributed by atoms with Gasteiger partial charge in [-0.25, -0.2) is 0 Å². The van der Waals surface area contributed by atoms with Crippen LogP contribution in [0.15, 0.2) is 30.3 Å². The predicted octanol–water partition coefficient (Wildman–Crippen LogP) is 1.10. The van der Waals surface area contributed by atoms with E-state index in [1.807, 2.05) is 30.3 Å². The van der Waals surface area contributed by atoms with E-state index in [0.717, 1.165) is 5.69 Å². The molecule has 0 fully saturated rings. The van der Waals surface area contributed by atoms with Gasteiger partial charge >= 0.3 is 0 Å². The molecule has 0 saturated carbocycles. The summed E-state index contributed by atoms with van der Waals surface area (Å²) in [6.07, 6.45) is -0.771. The maximum absolute atomic E-state index is 11.7. The lowest BCUT2D eigenvalue weighted by atomic mass is 10.3. The number of benzene rings is 1. The highest BCUT2D eigenvalue weighted by molar-refractivity contribution is 8.00. The maximum atomic E-state index is 11.7. The molecule has 0 bridgehead atoms. The molecule has 94 valence electrons. The van der Waals surface area contributed by atoms with Crippen LogP contribution in [0.2, 0.25) is 0 Å². The number of thioether (sulfide) groups is 1. The monoisotopic (exact) mass is 255 g/mol. The van der Waals surface area contributed by atoms with E-state index in [1.165, 1.54) is 11.8 Å². The van der Waals surface area contributed by atoms with Crippen molar-refractivity contribution in [2.45, 2.75) is 18.3 Å². The molecule has 2 atom stereocenters. The van der Waals surface area contributed by atoms with E-state index >= 15 is 0 Å². The number of nitrogens with one attached hydrogen (secondary N) is 1. The minimum atomic E-state index is -0.771. The Morgan fingerprint density at radius 3 is 2.65 bits per heavy atom. The lowest BCUT2D eigenvalue weighted by Gasteiger charge is -2.13. The third-order valence-electron chi connectivity index (χ3n) is 2.16. The second-order valence-corrected chi connectivity index (χ2v) is 5.04. The standard InChI is InChI=1S/C12H17NO3S/c1-9(17-8-11(15)7-14)12(16)13-10-5-3-2-4-6-10/h2-6,9,11,14-15H,7-8H2,1H3,(H,13,16). The Morgan fingerprint density at radius 1 is 1.41 bits per heavy atom. The fraction of sp³-hybridized carbons (Fsp3) is 0.417. The molecule has 0 radical (unpaired) electrons. The number of aliphatic hydroxyl groups excluding tert-OH is 2. The maximum Gasteiger partial charge on any atom is 0.237 e. The average molecular weight is 255 g/mol. The molecule has 1 amide bonds. The molecule has 0 heterocycles. The van der Waals surface area contributed by atoms with Gasteiger partial charge in [0.15, 0.2) is 0 Å². The van der Waals surface area contributed by atoms with Crippen LogP contribution < -0.4 is 5.32 Å². The number of carbonyl (C=O) groups is 1. The first-order chi connectivity index (χ1) is 8.13. The lowest BCUT2D eigenvalue weighted by molar-refractivity contribution is -0.115. The summed E-state index contributed by atoms with van der Waals surface area (Å²) in [5.41, 5.74) is 0.757. The molecule has 3 N–H and O–H groups in total. The average Bonchev–Trinajstić information content (AvgIpc) is 2.36. The zero-order valence-corrected chi connectivity index (χ0v) is 10.5. The third kappa shape index (κ3) is 5.21. The van der Waals surface area contributed by atoms with Gasteiger partial charge in [-0.15, -0.1) is 11.8 Å². The minimum absolute atomic E-state index is 0.105. The van der Waals surface area contributed by atoms with Gasteiger partial charge in [-0.3, -0.25) is 4.79 Å². The number of hydrogen-bond donors (Lipinski definition) is 3. The zero-order chi connectivity index (χ0) is 12.7. The Labute approximate surface area is 105 Å². The van der Waals surface area contributed by atoms with Crippen LogP contribution >= 0.6 is 11.8 Å². The molecule has 0 aromatic heterocycles.